The molecule has 0 rings (SSSR count). The van der Waals surface area contributed by atoms with Gasteiger partial charge in [0.05, 0.1) is 0 Å². The molecule has 0 atom stereocenters. The van der Waals surface area contributed by atoms with E-state index in [1.165, 1.54) is 0 Å². The molecule has 1 radical (unpaired) electrons. The van der Waals surface area contributed by atoms with Gasteiger partial charge in [0.25, 0.3) is 0 Å². The van der Waals surface area contributed by atoms with Crippen LogP contribution >= 0.6 is 0 Å². The van der Waals surface area contributed by atoms with Crippen molar-refractivity contribution in [2.24, 2.45) is 0 Å². The molecule has 0 N–H and O–H groups in total. The predicted molar refractivity (Wildman–Crippen MR) is 7.84 cm³/mol. The van der Waals surface area contributed by atoms with Crippen LogP contribution in [0.2, 0.25) is 0 Å². The van der Waals surface area contributed by atoms with Gasteiger partial charge in [-0.05, 0) is 0 Å². The zero-order valence-corrected chi connectivity index (χ0v) is 4.73. The molecule has 0 aromatic heterocycles. The van der Waals surface area contributed by atoms with Gasteiger partial charge in [0.2, 0.25) is 0 Å². The van der Waals surface area contributed by atoms with Crippen molar-refractivity contribution < 1.29 is 56.1 Å². The van der Waals surface area contributed by atoms with E-state index in [0.717, 1.165) is 0 Å². The minimum atomic E-state index is 0. The zero-order chi connectivity index (χ0) is 0. The van der Waals surface area contributed by atoms with E-state index in [4.69, 9.17) is 0 Å². The van der Waals surface area contributed by atoms with Crippen LogP contribution < -0.4 is 0 Å². The molecule has 5 heavy (non-hydrogen) atoms. The van der Waals surface area contributed by atoms with Gasteiger partial charge in [-0.2, -0.15) is 0 Å². The first kappa shape index (κ1) is 50.8. The Morgan fingerprint density at radius 2 is 1.00 bits per heavy atom. The third kappa shape index (κ3) is 21.1. The zero-order valence-electron chi connectivity index (χ0n) is 1.46. The second kappa shape index (κ2) is 31.5. The molecular formula is HFeMnNaNiO. The van der Waals surface area contributed by atoms with Crippen molar-refractivity contribution in [3.8, 4) is 0 Å². The predicted octanol–water partition coefficient (Wildman–Crippen LogP) is -0.775. The number of rotatable bonds is 0. The Labute approximate surface area is 84.5 Å². The van der Waals surface area contributed by atoms with Crippen molar-refractivity contribution in [2.45, 2.75) is 0 Å². The molecule has 0 heterocycles. The van der Waals surface area contributed by atoms with Gasteiger partial charge in [-0.25, -0.2) is 0 Å². The van der Waals surface area contributed by atoms with Crippen molar-refractivity contribution in [2.75, 3.05) is 0 Å². The molecule has 0 saturated heterocycles. The Morgan fingerprint density at radius 3 is 1.00 bits per heavy atom. The maximum atomic E-state index is 0. The van der Waals surface area contributed by atoms with E-state index in [0.29, 0.717) is 0 Å². The van der Waals surface area contributed by atoms with Crippen molar-refractivity contribution >= 4 is 29.6 Å². The second-order valence-corrected chi connectivity index (χ2v) is 0. The van der Waals surface area contributed by atoms with Crippen molar-refractivity contribution in [3.05, 3.63) is 0 Å². The van der Waals surface area contributed by atoms with Crippen molar-refractivity contribution in [1.29, 1.82) is 0 Å². The Kier molecular flexibility index (Phi) is 321. The maximum Gasteiger partial charge on any atom is 2.00 e. The first-order chi connectivity index (χ1) is 0. The van der Waals surface area contributed by atoms with Gasteiger partial charge in [0.1, 0.15) is 0 Å². The monoisotopic (exact) mass is 209 g/mol. The minimum Gasteiger partial charge on any atom is -2.00 e. The molecule has 0 saturated carbocycles. The van der Waals surface area contributed by atoms with Gasteiger partial charge >= 0.3 is 46.0 Å². The summed E-state index contributed by atoms with van der Waals surface area (Å²) in [6, 6.07) is 0. The molecule has 0 unspecified atom stereocenters. The topological polar surface area (TPSA) is 28.5 Å². The fraction of sp³-hybridized carbons (Fsp3) is 0. The summed E-state index contributed by atoms with van der Waals surface area (Å²) in [6.45, 7) is 0. The smallest absolute Gasteiger partial charge is 2.00 e. The molecule has 5 heteroatoms. The van der Waals surface area contributed by atoms with Crippen LogP contribution in [0.25, 0.3) is 0 Å². The summed E-state index contributed by atoms with van der Waals surface area (Å²) >= 11 is 0. The van der Waals surface area contributed by atoms with Crippen LogP contribution in [0.4, 0.5) is 0 Å². The molecule has 0 bridgehead atoms. The van der Waals surface area contributed by atoms with Crippen LogP contribution in [0.15, 0.2) is 0 Å². The third-order valence-corrected chi connectivity index (χ3v) is 0. The SMILES string of the molecule is [Fe].[Mn].[NaH].[Ni+2].[O-2]. The van der Waals surface area contributed by atoms with E-state index >= 15 is 0 Å². The molecule has 0 aromatic carbocycles. The molecule has 1 nitrogen and oxygen atoms in total. The Morgan fingerprint density at radius 1 is 1.00 bits per heavy atom. The van der Waals surface area contributed by atoms with E-state index in [1.54, 1.807) is 0 Å². The van der Waals surface area contributed by atoms with Crippen LogP contribution in [-0.2, 0) is 56.1 Å². The quantitative estimate of drug-likeness (QED) is 0.469. The molecule has 0 amide bonds. The van der Waals surface area contributed by atoms with Crippen LogP contribution in [0.5, 0.6) is 0 Å². The van der Waals surface area contributed by atoms with Crippen LogP contribution in [-0.4, -0.2) is 29.6 Å². The number of hydrogen-bond acceptors (Lipinski definition) is 0. The van der Waals surface area contributed by atoms with Gasteiger partial charge in [-0.15, -0.1) is 0 Å². The summed E-state index contributed by atoms with van der Waals surface area (Å²) in [5.41, 5.74) is 0. The van der Waals surface area contributed by atoms with E-state index in [-0.39, 0.29) is 85.7 Å². The van der Waals surface area contributed by atoms with Gasteiger partial charge in [-0.1, -0.05) is 0 Å². The van der Waals surface area contributed by atoms with E-state index in [9.17, 15) is 0 Å². The first-order valence-electron chi connectivity index (χ1n) is 0. The summed E-state index contributed by atoms with van der Waals surface area (Å²) in [6.07, 6.45) is 0. The fourth-order valence-electron chi connectivity index (χ4n) is 0. The van der Waals surface area contributed by atoms with Gasteiger partial charge in [0, 0.05) is 34.1 Å². The molecule has 0 spiro atoms. The van der Waals surface area contributed by atoms with Crippen LogP contribution in [0, 0.1) is 0 Å². The Bertz CT molecular complexity index is 11.6. The summed E-state index contributed by atoms with van der Waals surface area (Å²) in [5, 5.41) is 0. The maximum absolute atomic E-state index is 0. The molecule has 0 aromatic rings. The average Bonchev–Trinajstić information content (AvgIpc) is 0. The van der Waals surface area contributed by atoms with E-state index in [1.807, 2.05) is 0 Å². The van der Waals surface area contributed by atoms with Gasteiger partial charge in [-0.3, -0.25) is 0 Å². The van der Waals surface area contributed by atoms with Crippen molar-refractivity contribution in [1.82, 2.24) is 0 Å². The van der Waals surface area contributed by atoms with Crippen molar-refractivity contribution in [3.63, 3.8) is 0 Å². The van der Waals surface area contributed by atoms with E-state index in [2.05, 4.69) is 0 Å². The summed E-state index contributed by atoms with van der Waals surface area (Å²) < 4.78 is 0. The molecule has 0 aliphatic carbocycles. The second-order valence-electron chi connectivity index (χ2n) is 0. The molecule has 0 aliphatic heterocycles. The standard InChI is InChI=1S/Fe.Mn.Na.Ni.O.H/q;;;+2;-2;. The normalized spacial score (nSPS) is 0. The summed E-state index contributed by atoms with van der Waals surface area (Å²) in [7, 11) is 0. The summed E-state index contributed by atoms with van der Waals surface area (Å²) in [5.74, 6) is 0. The molecule has 33 valence electrons. The molecule has 0 aliphatic rings. The van der Waals surface area contributed by atoms with Crippen LogP contribution in [0.1, 0.15) is 0 Å². The average molecular weight is 209 g/mol. The summed E-state index contributed by atoms with van der Waals surface area (Å²) in [4.78, 5) is 0. The number of hydrogen-bond donors (Lipinski definition) is 0. The van der Waals surface area contributed by atoms with Gasteiger partial charge < -0.3 is 5.48 Å². The van der Waals surface area contributed by atoms with E-state index < -0.39 is 0 Å². The largest absolute Gasteiger partial charge is 2.00 e. The minimum absolute atomic E-state index is 0. The Balaban J connectivity index is 0. The third-order valence-electron chi connectivity index (χ3n) is 0. The Hall–Kier alpha value is 2.49. The van der Waals surface area contributed by atoms with Gasteiger partial charge in [0.15, 0.2) is 0 Å². The van der Waals surface area contributed by atoms with Crippen LogP contribution in [0.3, 0.4) is 0 Å². The first-order valence-corrected chi connectivity index (χ1v) is 0. The molecule has 0 fully saturated rings. The molecular weight excluding hydrogens is 208 g/mol. The fourth-order valence-corrected chi connectivity index (χ4v) is 0.